The number of aromatic nitrogens is 2. The van der Waals surface area contributed by atoms with Crippen LogP contribution in [0.3, 0.4) is 0 Å². The fourth-order valence-corrected chi connectivity index (χ4v) is 4.04. The Labute approximate surface area is 127 Å². The lowest BCUT2D eigenvalue weighted by Gasteiger charge is -2.38. The molecule has 5 nitrogen and oxygen atoms in total. The van der Waals surface area contributed by atoms with Gasteiger partial charge < -0.3 is 19.5 Å². The zero-order chi connectivity index (χ0) is 14.8. The predicted molar refractivity (Wildman–Crippen MR) is 84.8 cm³/mol. The summed E-state index contributed by atoms with van der Waals surface area (Å²) >= 11 is 0. The normalized spacial score (nSPS) is 29.6. The summed E-state index contributed by atoms with van der Waals surface area (Å²) in [5.74, 6) is 1.10. The molecular weight excluding hydrogens is 264 g/mol. The summed E-state index contributed by atoms with van der Waals surface area (Å²) in [7, 11) is 1.76. The van der Waals surface area contributed by atoms with Crippen LogP contribution in [0.5, 0.6) is 0 Å². The fraction of sp³-hybridized carbons (Fsp3) is 0.812. The molecular formula is C16H28N4O. The molecule has 0 amide bonds. The second-order valence-corrected chi connectivity index (χ2v) is 6.49. The van der Waals surface area contributed by atoms with Crippen molar-refractivity contribution < 1.29 is 4.74 Å². The van der Waals surface area contributed by atoms with E-state index in [-0.39, 0.29) is 0 Å². The highest BCUT2D eigenvalue weighted by Gasteiger charge is 2.36. The van der Waals surface area contributed by atoms with Crippen LogP contribution in [0.4, 0.5) is 5.95 Å². The standard InChI is InChI=1S/C16H28N4O/c1-4-19(15-9-13-5-6-14(10-15)18-13)16-17-7-8-20(16)12(2)11-21-3/h7-8,12-15,18H,4-6,9-11H2,1-3H3. The number of nitrogens with zero attached hydrogens (tertiary/aromatic N) is 3. The quantitative estimate of drug-likeness (QED) is 0.873. The van der Waals surface area contributed by atoms with Crippen LogP contribution in [0, 0.1) is 0 Å². The van der Waals surface area contributed by atoms with Gasteiger partial charge in [0.2, 0.25) is 5.95 Å². The summed E-state index contributed by atoms with van der Waals surface area (Å²) in [6.45, 7) is 6.16. The van der Waals surface area contributed by atoms with Gasteiger partial charge in [0.25, 0.3) is 0 Å². The van der Waals surface area contributed by atoms with Crippen LogP contribution < -0.4 is 10.2 Å². The largest absolute Gasteiger partial charge is 0.383 e. The Morgan fingerprint density at radius 1 is 1.43 bits per heavy atom. The van der Waals surface area contributed by atoms with Gasteiger partial charge in [-0.2, -0.15) is 0 Å². The van der Waals surface area contributed by atoms with Crippen LogP contribution in [0.15, 0.2) is 12.4 Å². The SMILES string of the molecule is CCN(c1nccn1C(C)COC)C1CC2CCC(C1)N2. The number of hydrogen-bond acceptors (Lipinski definition) is 4. The molecule has 3 atom stereocenters. The number of hydrogen-bond donors (Lipinski definition) is 1. The van der Waals surface area contributed by atoms with Gasteiger partial charge in [-0.05, 0) is 39.5 Å². The topological polar surface area (TPSA) is 42.3 Å². The zero-order valence-electron chi connectivity index (χ0n) is 13.5. The maximum absolute atomic E-state index is 5.31. The molecule has 0 radical (unpaired) electrons. The van der Waals surface area contributed by atoms with E-state index in [1.807, 2.05) is 6.20 Å². The van der Waals surface area contributed by atoms with E-state index >= 15 is 0 Å². The van der Waals surface area contributed by atoms with Crippen LogP contribution in [0.2, 0.25) is 0 Å². The molecule has 1 aromatic heterocycles. The first-order valence-electron chi connectivity index (χ1n) is 8.27. The first kappa shape index (κ1) is 14.9. The molecule has 0 spiro atoms. The molecule has 2 aliphatic heterocycles. The molecule has 0 aliphatic carbocycles. The lowest BCUT2D eigenvalue weighted by atomic mass is 9.98. The maximum atomic E-state index is 5.31. The van der Waals surface area contributed by atoms with Gasteiger partial charge in [0.05, 0.1) is 12.6 Å². The highest BCUT2D eigenvalue weighted by atomic mass is 16.5. The van der Waals surface area contributed by atoms with Crippen LogP contribution in [0.1, 0.15) is 45.6 Å². The summed E-state index contributed by atoms with van der Waals surface area (Å²) in [5.41, 5.74) is 0. The molecule has 3 rings (SSSR count). The van der Waals surface area contributed by atoms with Crippen molar-refractivity contribution in [3.05, 3.63) is 12.4 Å². The first-order valence-corrected chi connectivity index (χ1v) is 8.27. The summed E-state index contributed by atoms with van der Waals surface area (Å²) in [6, 6.07) is 2.36. The summed E-state index contributed by atoms with van der Waals surface area (Å²) in [5, 5.41) is 3.73. The van der Waals surface area contributed by atoms with Gasteiger partial charge in [0.1, 0.15) is 0 Å². The van der Waals surface area contributed by atoms with Gasteiger partial charge in [-0.15, -0.1) is 0 Å². The van der Waals surface area contributed by atoms with E-state index in [4.69, 9.17) is 4.74 Å². The maximum Gasteiger partial charge on any atom is 0.206 e. The van der Waals surface area contributed by atoms with E-state index in [1.54, 1.807) is 7.11 Å². The average Bonchev–Trinajstić information content (AvgIpc) is 3.07. The van der Waals surface area contributed by atoms with E-state index in [9.17, 15) is 0 Å². The van der Waals surface area contributed by atoms with Crippen LogP contribution in [-0.4, -0.2) is 47.9 Å². The third kappa shape index (κ3) is 2.94. The predicted octanol–water partition coefficient (Wildman–Crippen LogP) is 2.20. The zero-order valence-corrected chi connectivity index (χ0v) is 13.5. The third-order valence-electron chi connectivity index (χ3n) is 5.02. The number of imidazole rings is 1. The number of fused-ring (bicyclic) bond motifs is 2. The summed E-state index contributed by atoms with van der Waals surface area (Å²) in [6.07, 6.45) is 9.17. The summed E-state index contributed by atoms with van der Waals surface area (Å²) < 4.78 is 7.57. The minimum atomic E-state index is 0.319. The molecule has 3 unspecified atom stereocenters. The molecule has 5 heteroatoms. The van der Waals surface area contributed by atoms with E-state index < -0.39 is 0 Å². The Kier molecular flexibility index (Phi) is 4.50. The molecule has 2 fully saturated rings. The Morgan fingerprint density at radius 3 is 2.76 bits per heavy atom. The second kappa shape index (κ2) is 6.36. The van der Waals surface area contributed by atoms with Crippen molar-refractivity contribution in [3.63, 3.8) is 0 Å². The highest BCUT2D eigenvalue weighted by molar-refractivity contribution is 5.34. The lowest BCUT2D eigenvalue weighted by Crippen LogP contribution is -2.49. The number of piperidine rings is 1. The molecule has 3 heterocycles. The van der Waals surface area contributed by atoms with Crippen molar-refractivity contribution in [3.8, 4) is 0 Å². The van der Waals surface area contributed by atoms with Crippen molar-refractivity contribution in [2.24, 2.45) is 0 Å². The van der Waals surface area contributed by atoms with Gasteiger partial charge in [-0.25, -0.2) is 4.98 Å². The van der Waals surface area contributed by atoms with Crippen molar-refractivity contribution in [2.45, 2.75) is 63.7 Å². The van der Waals surface area contributed by atoms with Crippen molar-refractivity contribution in [1.29, 1.82) is 0 Å². The van der Waals surface area contributed by atoms with Gasteiger partial charge >= 0.3 is 0 Å². The van der Waals surface area contributed by atoms with Crippen molar-refractivity contribution >= 4 is 5.95 Å². The van der Waals surface area contributed by atoms with Crippen molar-refractivity contribution in [1.82, 2.24) is 14.9 Å². The molecule has 0 aromatic carbocycles. The molecule has 2 saturated heterocycles. The number of rotatable bonds is 6. The van der Waals surface area contributed by atoms with E-state index in [0.717, 1.165) is 19.1 Å². The van der Waals surface area contributed by atoms with Gasteiger partial charge in [0.15, 0.2) is 0 Å². The minimum absolute atomic E-state index is 0.319. The Balaban J connectivity index is 1.78. The average molecular weight is 292 g/mol. The molecule has 1 N–H and O–H groups in total. The first-order chi connectivity index (χ1) is 10.2. The highest BCUT2D eigenvalue weighted by Crippen LogP contribution is 2.32. The second-order valence-electron chi connectivity index (χ2n) is 6.49. The van der Waals surface area contributed by atoms with Crippen LogP contribution >= 0.6 is 0 Å². The Bertz CT molecular complexity index is 449. The smallest absolute Gasteiger partial charge is 0.206 e. The number of ether oxygens (including phenoxy) is 1. The van der Waals surface area contributed by atoms with Gasteiger partial charge in [-0.1, -0.05) is 0 Å². The number of methoxy groups -OCH3 is 1. The van der Waals surface area contributed by atoms with Crippen LogP contribution in [-0.2, 0) is 4.74 Å². The fourth-order valence-electron chi connectivity index (χ4n) is 4.04. The molecule has 118 valence electrons. The number of anilines is 1. The van der Waals surface area contributed by atoms with E-state index in [0.29, 0.717) is 24.2 Å². The van der Waals surface area contributed by atoms with Gasteiger partial charge in [-0.3, -0.25) is 0 Å². The minimum Gasteiger partial charge on any atom is -0.383 e. The van der Waals surface area contributed by atoms with Gasteiger partial charge in [0, 0.05) is 44.2 Å². The molecule has 2 aliphatic rings. The monoisotopic (exact) mass is 292 g/mol. The van der Waals surface area contributed by atoms with Crippen LogP contribution in [0.25, 0.3) is 0 Å². The summed E-state index contributed by atoms with van der Waals surface area (Å²) in [4.78, 5) is 7.15. The van der Waals surface area contributed by atoms with E-state index in [2.05, 4.69) is 39.8 Å². The lowest BCUT2D eigenvalue weighted by molar-refractivity contribution is 0.162. The molecule has 2 bridgehead atoms. The van der Waals surface area contributed by atoms with E-state index in [1.165, 1.54) is 25.7 Å². The number of nitrogens with one attached hydrogen (secondary N) is 1. The molecule has 21 heavy (non-hydrogen) atoms. The van der Waals surface area contributed by atoms with Crippen molar-refractivity contribution in [2.75, 3.05) is 25.2 Å². The Morgan fingerprint density at radius 2 is 2.14 bits per heavy atom. The molecule has 1 aromatic rings. The molecule has 0 saturated carbocycles. The third-order valence-corrected chi connectivity index (χ3v) is 5.02. The Hall–Kier alpha value is -1.07.